The standard InChI is InChI=1S/C11H7F3O4/c12-8-2-3-9(18-11(13)14)6(7(8)5-15)1-4-10(16)17/h1-5,11H,(H,16,17)/b4-1+. The molecule has 0 spiro atoms. The van der Waals surface area contributed by atoms with E-state index < -0.39 is 29.7 Å². The first kappa shape index (κ1) is 13.8. The maximum atomic E-state index is 13.2. The zero-order valence-electron chi connectivity index (χ0n) is 8.77. The van der Waals surface area contributed by atoms with Crippen LogP contribution in [0.4, 0.5) is 13.2 Å². The molecule has 0 aliphatic heterocycles. The molecule has 96 valence electrons. The van der Waals surface area contributed by atoms with Gasteiger partial charge in [0, 0.05) is 11.6 Å². The van der Waals surface area contributed by atoms with Gasteiger partial charge in [-0.25, -0.2) is 9.18 Å². The molecule has 0 saturated heterocycles. The third-order valence-corrected chi connectivity index (χ3v) is 1.92. The van der Waals surface area contributed by atoms with Crippen LogP contribution in [0.25, 0.3) is 6.08 Å². The van der Waals surface area contributed by atoms with Crippen molar-refractivity contribution in [3.63, 3.8) is 0 Å². The summed E-state index contributed by atoms with van der Waals surface area (Å²) in [5, 5.41) is 8.42. The van der Waals surface area contributed by atoms with E-state index in [0.29, 0.717) is 6.08 Å². The monoisotopic (exact) mass is 260 g/mol. The van der Waals surface area contributed by atoms with Crippen LogP contribution in [-0.4, -0.2) is 24.0 Å². The largest absolute Gasteiger partial charge is 0.478 e. The van der Waals surface area contributed by atoms with E-state index in [0.717, 1.165) is 18.2 Å². The normalized spacial score (nSPS) is 10.9. The molecule has 1 aromatic carbocycles. The van der Waals surface area contributed by atoms with Crippen molar-refractivity contribution >= 4 is 18.3 Å². The zero-order chi connectivity index (χ0) is 13.7. The second-order valence-electron chi connectivity index (χ2n) is 3.04. The Morgan fingerprint density at radius 1 is 1.33 bits per heavy atom. The fraction of sp³-hybridized carbons (Fsp3) is 0.0909. The zero-order valence-corrected chi connectivity index (χ0v) is 8.77. The maximum absolute atomic E-state index is 13.2. The van der Waals surface area contributed by atoms with Gasteiger partial charge in [-0.05, 0) is 18.2 Å². The molecule has 1 N–H and O–H groups in total. The topological polar surface area (TPSA) is 63.6 Å². The van der Waals surface area contributed by atoms with E-state index in [1.54, 1.807) is 0 Å². The van der Waals surface area contributed by atoms with E-state index in [4.69, 9.17) is 5.11 Å². The Labute approximate surface area is 99.3 Å². The second kappa shape index (κ2) is 5.85. The number of rotatable bonds is 5. The first-order chi connectivity index (χ1) is 8.45. The third-order valence-electron chi connectivity index (χ3n) is 1.92. The molecule has 0 fully saturated rings. The number of hydrogen-bond donors (Lipinski definition) is 1. The van der Waals surface area contributed by atoms with Gasteiger partial charge in [0.15, 0.2) is 6.29 Å². The summed E-state index contributed by atoms with van der Waals surface area (Å²) in [6.45, 7) is -3.17. The van der Waals surface area contributed by atoms with Crippen molar-refractivity contribution in [2.75, 3.05) is 0 Å². The molecule has 1 aromatic rings. The molecule has 0 amide bonds. The van der Waals surface area contributed by atoms with E-state index in [9.17, 15) is 22.8 Å². The Balaban J connectivity index is 3.33. The van der Waals surface area contributed by atoms with Gasteiger partial charge in [-0.1, -0.05) is 0 Å². The molecule has 0 bridgehead atoms. The van der Waals surface area contributed by atoms with Gasteiger partial charge in [0.1, 0.15) is 11.6 Å². The molecular weight excluding hydrogens is 253 g/mol. The summed E-state index contributed by atoms with van der Waals surface area (Å²) in [4.78, 5) is 21.0. The quantitative estimate of drug-likeness (QED) is 0.652. The average Bonchev–Trinajstić information content (AvgIpc) is 2.28. The molecular formula is C11H7F3O4. The Bertz CT molecular complexity index is 497. The lowest BCUT2D eigenvalue weighted by Crippen LogP contribution is -2.06. The summed E-state index contributed by atoms with van der Waals surface area (Å²) in [5.74, 6) is -2.82. The van der Waals surface area contributed by atoms with Crippen molar-refractivity contribution in [3.05, 3.63) is 35.2 Å². The Hall–Kier alpha value is -2.31. The molecule has 0 aliphatic carbocycles. The predicted octanol–water partition coefficient (Wildman–Crippen LogP) is 2.34. The number of halogens is 3. The molecule has 0 unspecified atom stereocenters. The highest BCUT2D eigenvalue weighted by atomic mass is 19.3. The fourth-order valence-corrected chi connectivity index (χ4v) is 1.23. The van der Waals surface area contributed by atoms with Crippen molar-refractivity contribution in [1.29, 1.82) is 0 Å². The third kappa shape index (κ3) is 3.34. The molecule has 0 radical (unpaired) electrons. The van der Waals surface area contributed by atoms with Gasteiger partial charge in [-0.15, -0.1) is 0 Å². The molecule has 0 heterocycles. The van der Waals surface area contributed by atoms with Crippen molar-refractivity contribution < 1.29 is 32.6 Å². The second-order valence-corrected chi connectivity index (χ2v) is 3.04. The van der Waals surface area contributed by atoms with E-state index in [-0.39, 0.29) is 11.8 Å². The van der Waals surface area contributed by atoms with Crippen LogP contribution in [0.3, 0.4) is 0 Å². The van der Waals surface area contributed by atoms with Gasteiger partial charge in [0.25, 0.3) is 0 Å². The highest BCUT2D eigenvalue weighted by Crippen LogP contribution is 2.26. The molecule has 18 heavy (non-hydrogen) atoms. The number of benzene rings is 1. The Morgan fingerprint density at radius 2 is 2.00 bits per heavy atom. The van der Waals surface area contributed by atoms with E-state index in [1.165, 1.54) is 0 Å². The van der Waals surface area contributed by atoms with Crippen LogP contribution in [0, 0.1) is 5.82 Å². The number of aldehydes is 1. The van der Waals surface area contributed by atoms with Crippen LogP contribution in [0.2, 0.25) is 0 Å². The number of carboxylic acid groups (broad SMARTS) is 1. The maximum Gasteiger partial charge on any atom is 0.387 e. The number of alkyl halides is 2. The number of carbonyl (C=O) groups is 2. The number of carboxylic acids is 1. The van der Waals surface area contributed by atoms with E-state index in [1.807, 2.05) is 0 Å². The van der Waals surface area contributed by atoms with Gasteiger partial charge in [0.2, 0.25) is 0 Å². The summed E-state index contributed by atoms with van der Waals surface area (Å²) in [5.41, 5.74) is -0.904. The van der Waals surface area contributed by atoms with Crippen LogP contribution in [0.1, 0.15) is 15.9 Å². The Kier molecular flexibility index (Phi) is 4.47. The van der Waals surface area contributed by atoms with E-state index >= 15 is 0 Å². The van der Waals surface area contributed by atoms with Gasteiger partial charge in [-0.3, -0.25) is 4.79 Å². The van der Waals surface area contributed by atoms with Crippen molar-refractivity contribution in [1.82, 2.24) is 0 Å². The number of carbonyl (C=O) groups excluding carboxylic acids is 1. The molecule has 7 heteroatoms. The molecule has 0 saturated carbocycles. The van der Waals surface area contributed by atoms with Crippen molar-refractivity contribution in [2.45, 2.75) is 6.61 Å². The first-order valence-electron chi connectivity index (χ1n) is 4.59. The Morgan fingerprint density at radius 3 is 2.50 bits per heavy atom. The van der Waals surface area contributed by atoms with Gasteiger partial charge >= 0.3 is 12.6 Å². The summed E-state index contributed by atoms with van der Waals surface area (Å²) >= 11 is 0. The van der Waals surface area contributed by atoms with E-state index in [2.05, 4.69) is 4.74 Å². The summed E-state index contributed by atoms with van der Waals surface area (Å²) in [6.07, 6.45) is 1.49. The summed E-state index contributed by atoms with van der Waals surface area (Å²) in [7, 11) is 0. The number of ether oxygens (including phenoxy) is 1. The van der Waals surface area contributed by atoms with Crippen LogP contribution in [-0.2, 0) is 4.79 Å². The van der Waals surface area contributed by atoms with Crippen molar-refractivity contribution in [2.24, 2.45) is 0 Å². The van der Waals surface area contributed by atoms with Crippen LogP contribution < -0.4 is 4.74 Å². The van der Waals surface area contributed by atoms with Crippen molar-refractivity contribution in [3.8, 4) is 5.75 Å². The summed E-state index contributed by atoms with van der Waals surface area (Å²) in [6, 6.07) is 1.66. The van der Waals surface area contributed by atoms with Crippen LogP contribution >= 0.6 is 0 Å². The molecule has 0 aliphatic rings. The molecule has 0 aromatic heterocycles. The number of aliphatic carboxylic acids is 1. The fourth-order valence-electron chi connectivity index (χ4n) is 1.23. The van der Waals surface area contributed by atoms with Gasteiger partial charge in [0.05, 0.1) is 5.56 Å². The van der Waals surface area contributed by atoms with Crippen LogP contribution in [0.15, 0.2) is 18.2 Å². The van der Waals surface area contributed by atoms with Gasteiger partial charge in [-0.2, -0.15) is 8.78 Å². The minimum Gasteiger partial charge on any atom is -0.478 e. The lowest BCUT2D eigenvalue weighted by atomic mass is 10.1. The minimum atomic E-state index is -3.17. The molecule has 0 atom stereocenters. The minimum absolute atomic E-state index is 0.0924. The lowest BCUT2D eigenvalue weighted by molar-refractivity contribution is -0.131. The van der Waals surface area contributed by atoms with Gasteiger partial charge < -0.3 is 9.84 Å². The molecule has 4 nitrogen and oxygen atoms in total. The first-order valence-corrected chi connectivity index (χ1v) is 4.59. The highest BCUT2D eigenvalue weighted by molar-refractivity contribution is 5.90. The predicted molar refractivity (Wildman–Crippen MR) is 55.1 cm³/mol. The average molecular weight is 260 g/mol. The molecule has 1 rings (SSSR count). The lowest BCUT2D eigenvalue weighted by Gasteiger charge is -2.10. The van der Waals surface area contributed by atoms with Crippen LogP contribution in [0.5, 0.6) is 5.75 Å². The highest BCUT2D eigenvalue weighted by Gasteiger charge is 2.15. The SMILES string of the molecule is O=Cc1c(F)ccc(OC(F)F)c1/C=C/C(=O)O. The smallest absolute Gasteiger partial charge is 0.387 e. The summed E-state index contributed by atoms with van der Waals surface area (Å²) < 4.78 is 41.5. The number of hydrogen-bond acceptors (Lipinski definition) is 3.